The zero-order valence-corrected chi connectivity index (χ0v) is 13.3. The van der Waals surface area contributed by atoms with E-state index in [1.54, 1.807) is 13.3 Å². The van der Waals surface area contributed by atoms with Crippen molar-refractivity contribution < 1.29 is 4.74 Å². The Labute approximate surface area is 126 Å². The third-order valence-electron chi connectivity index (χ3n) is 2.89. The molecular formula is C14H14BrClN2O. The topological polar surface area (TPSA) is 34.1 Å². The highest BCUT2D eigenvalue weighted by molar-refractivity contribution is 9.10. The van der Waals surface area contributed by atoms with E-state index in [-0.39, 0.29) is 0 Å². The lowest BCUT2D eigenvalue weighted by molar-refractivity contribution is 0.412. The van der Waals surface area contributed by atoms with Gasteiger partial charge in [0.25, 0.3) is 0 Å². The van der Waals surface area contributed by atoms with Crippen LogP contribution in [0.4, 0.5) is 11.5 Å². The molecule has 0 aliphatic rings. The van der Waals surface area contributed by atoms with Gasteiger partial charge >= 0.3 is 0 Å². The van der Waals surface area contributed by atoms with Crippen LogP contribution in [-0.2, 0) is 0 Å². The lowest BCUT2D eigenvalue weighted by atomic mass is 10.1. The van der Waals surface area contributed by atoms with Crippen LogP contribution in [-0.4, -0.2) is 12.1 Å². The van der Waals surface area contributed by atoms with Crippen molar-refractivity contribution in [2.75, 3.05) is 12.4 Å². The van der Waals surface area contributed by atoms with Crippen molar-refractivity contribution in [1.29, 1.82) is 0 Å². The van der Waals surface area contributed by atoms with Gasteiger partial charge in [-0.2, -0.15) is 0 Å². The fourth-order valence-electron chi connectivity index (χ4n) is 1.87. The van der Waals surface area contributed by atoms with Gasteiger partial charge in [-0.15, -0.1) is 0 Å². The Balaban J connectivity index is 2.43. The monoisotopic (exact) mass is 340 g/mol. The highest BCUT2D eigenvalue weighted by atomic mass is 79.9. The minimum atomic E-state index is 0.594. The molecule has 0 bridgehead atoms. The Morgan fingerprint density at radius 2 is 2.05 bits per heavy atom. The average molecular weight is 342 g/mol. The van der Waals surface area contributed by atoms with Gasteiger partial charge in [0, 0.05) is 17.4 Å². The molecule has 0 fully saturated rings. The van der Waals surface area contributed by atoms with Crippen molar-refractivity contribution in [3.05, 3.63) is 45.0 Å². The molecule has 0 atom stereocenters. The van der Waals surface area contributed by atoms with Gasteiger partial charge in [-0.1, -0.05) is 17.7 Å². The predicted octanol–water partition coefficient (Wildman–Crippen LogP) is 4.87. The highest BCUT2D eigenvalue weighted by Gasteiger charge is 2.10. The molecule has 2 rings (SSSR count). The van der Waals surface area contributed by atoms with Crippen LogP contribution in [0.2, 0.25) is 5.02 Å². The second-order valence-electron chi connectivity index (χ2n) is 4.19. The first-order valence-corrected chi connectivity index (χ1v) is 6.92. The molecule has 19 heavy (non-hydrogen) atoms. The van der Waals surface area contributed by atoms with E-state index in [1.807, 2.05) is 32.0 Å². The van der Waals surface area contributed by atoms with Crippen molar-refractivity contribution >= 4 is 39.0 Å². The van der Waals surface area contributed by atoms with E-state index in [1.165, 1.54) is 0 Å². The number of ether oxygens (including phenoxy) is 1. The fraction of sp³-hybridized carbons (Fsp3) is 0.214. The number of pyridine rings is 1. The van der Waals surface area contributed by atoms with E-state index < -0.39 is 0 Å². The van der Waals surface area contributed by atoms with Gasteiger partial charge in [0.05, 0.1) is 16.6 Å². The Morgan fingerprint density at radius 1 is 1.32 bits per heavy atom. The molecule has 2 aromatic rings. The van der Waals surface area contributed by atoms with Gasteiger partial charge in [0.15, 0.2) is 0 Å². The molecule has 1 aromatic carbocycles. The third kappa shape index (κ3) is 3.01. The molecule has 0 aliphatic carbocycles. The largest absolute Gasteiger partial charge is 0.496 e. The number of halogens is 2. The average Bonchev–Trinajstić information content (AvgIpc) is 2.37. The summed E-state index contributed by atoms with van der Waals surface area (Å²) in [4.78, 5) is 4.28. The van der Waals surface area contributed by atoms with E-state index in [2.05, 4.69) is 26.2 Å². The minimum Gasteiger partial charge on any atom is -0.496 e. The number of rotatable bonds is 3. The summed E-state index contributed by atoms with van der Waals surface area (Å²) in [5, 5.41) is 3.91. The van der Waals surface area contributed by atoms with Crippen molar-refractivity contribution in [2.45, 2.75) is 13.8 Å². The first kappa shape index (κ1) is 14.2. The molecule has 0 saturated heterocycles. The molecule has 1 heterocycles. The highest BCUT2D eigenvalue weighted by Crippen LogP contribution is 2.33. The van der Waals surface area contributed by atoms with Gasteiger partial charge in [0.1, 0.15) is 11.6 Å². The quantitative estimate of drug-likeness (QED) is 0.865. The normalized spacial score (nSPS) is 10.4. The van der Waals surface area contributed by atoms with Crippen LogP contribution in [0.1, 0.15) is 11.1 Å². The zero-order chi connectivity index (χ0) is 14.0. The third-order valence-corrected chi connectivity index (χ3v) is 3.71. The molecule has 5 heteroatoms. The minimum absolute atomic E-state index is 0.594. The molecule has 0 aliphatic heterocycles. The van der Waals surface area contributed by atoms with E-state index in [0.717, 1.165) is 32.9 Å². The molecule has 0 unspecified atom stereocenters. The van der Waals surface area contributed by atoms with Crippen LogP contribution < -0.4 is 10.1 Å². The summed E-state index contributed by atoms with van der Waals surface area (Å²) in [6.07, 6.45) is 1.61. The number of nitrogens with zero attached hydrogens (tertiary/aromatic N) is 1. The van der Waals surface area contributed by atoms with Crippen LogP contribution in [0.5, 0.6) is 5.75 Å². The number of aromatic nitrogens is 1. The molecule has 1 N–H and O–H groups in total. The molecule has 0 spiro atoms. The fourth-order valence-corrected chi connectivity index (χ4v) is 2.60. The van der Waals surface area contributed by atoms with Crippen molar-refractivity contribution in [1.82, 2.24) is 4.98 Å². The summed E-state index contributed by atoms with van der Waals surface area (Å²) in [7, 11) is 1.66. The first-order chi connectivity index (χ1) is 9.02. The summed E-state index contributed by atoms with van der Waals surface area (Å²) in [5.74, 6) is 1.57. The summed E-state index contributed by atoms with van der Waals surface area (Å²) < 4.78 is 6.16. The van der Waals surface area contributed by atoms with Gasteiger partial charge in [-0.3, -0.25) is 0 Å². The lowest BCUT2D eigenvalue weighted by Gasteiger charge is -2.15. The summed E-state index contributed by atoms with van der Waals surface area (Å²) in [6, 6.07) is 5.78. The number of hydrogen-bond acceptors (Lipinski definition) is 3. The molecule has 1 aromatic heterocycles. The second-order valence-corrected chi connectivity index (χ2v) is 5.48. The first-order valence-electron chi connectivity index (χ1n) is 5.75. The van der Waals surface area contributed by atoms with Crippen LogP contribution in [0.3, 0.4) is 0 Å². The predicted molar refractivity (Wildman–Crippen MR) is 82.7 cm³/mol. The lowest BCUT2D eigenvalue weighted by Crippen LogP contribution is -2.00. The number of nitrogens with one attached hydrogen (secondary N) is 1. The molecule has 100 valence electrons. The van der Waals surface area contributed by atoms with E-state index in [0.29, 0.717) is 5.02 Å². The maximum Gasteiger partial charge on any atom is 0.144 e. The maximum atomic E-state index is 5.89. The van der Waals surface area contributed by atoms with Gasteiger partial charge in [-0.05, 0) is 47.5 Å². The van der Waals surface area contributed by atoms with E-state index in [4.69, 9.17) is 16.3 Å². The van der Waals surface area contributed by atoms with Crippen molar-refractivity contribution in [2.24, 2.45) is 0 Å². The molecular weight excluding hydrogens is 328 g/mol. The maximum absolute atomic E-state index is 5.89. The Kier molecular flexibility index (Phi) is 4.32. The molecule has 0 saturated carbocycles. The summed E-state index contributed by atoms with van der Waals surface area (Å²) >= 11 is 9.34. The number of anilines is 2. The molecule has 3 nitrogen and oxygen atoms in total. The molecule has 0 radical (unpaired) electrons. The van der Waals surface area contributed by atoms with Gasteiger partial charge in [-0.25, -0.2) is 4.98 Å². The second kappa shape index (κ2) is 5.80. The Bertz CT molecular complexity index is 617. The van der Waals surface area contributed by atoms with E-state index in [9.17, 15) is 0 Å². The van der Waals surface area contributed by atoms with Gasteiger partial charge in [0.2, 0.25) is 0 Å². The smallest absolute Gasteiger partial charge is 0.144 e. The number of benzene rings is 1. The van der Waals surface area contributed by atoms with E-state index >= 15 is 0 Å². The zero-order valence-electron chi connectivity index (χ0n) is 10.9. The number of aryl methyl sites for hydroxylation is 1. The van der Waals surface area contributed by atoms with Gasteiger partial charge < -0.3 is 10.1 Å². The van der Waals surface area contributed by atoms with Crippen molar-refractivity contribution in [3.63, 3.8) is 0 Å². The van der Waals surface area contributed by atoms with Crippen LogP contribution in [0.15, 0.2) is 28.9 Å². The van der Waals surface area contributed by atoms with Crippen LogP contribution in [0.25, 0.3) is 0 Å². The van der Waals surface area contributed by atoms with Crippen molar-refractivity contribution in [3.8, 4) is 5.75 Å². The number of methoxy groups -OCH3 is 1. The van der Waals surface area contributed by atoms with Crippen LogP contribution in [0, 0.1) is 13.8 Å². The SMILES string of the molecule is COc1ccc(C)c(Nc2ncc(Cl)cc2Br)c1C. The number of hydrogen-bond donors (Lipinski definition) is 1. The summed E-state index contributed by atoms with van der Waals surface area (Å²) in [5.41, 5.74) is 3.17. The summed E-state index contributed by atoms with van der Waals surface area (Å²) in [6.45, 7) is 4.05. The Hall–Kier alpha value is -1.26. The van der Waals surface area contributed by atoms with Crippen LogP contribution >= 0.6 is 27.5 Å². The molecule has 0 amide bonds. The standard InChI is InChI=1S/C14H14BrClN2O/c1-8-4-5-12(19-3)9(2)13(8)18-14-11(15)6-10(16)7-17-14/h4-7H,1-3H3,(H,17,18). The Morgan fingerprint density at radius 3 is 2.68 bits per heavy atom.